The zero-order valence-electron chi connectivity index (χ0n) is 13.5. The summed E-state index contributed by atoms with van der Waals surface area (Å²) >= 11 is 6.02. The topological polar surface area (TPSA) is 58.4 Å². The highest BCUT2D eigenvalue weighted by Crippen LogP contribution is 2.45. The number of carbonyl (C=O) groups is 1. The summed E-state index contributed by atoms with van der Waals surface area (Å²) < 4.78 is 1.87. The highest BCUT2D eigenvalue weighted by atomic mass is 35.5. The first-order valence-corrected chi connectivity index (χ1v) is 8.64. The molecule has 2 aliphatic heterocycles. The number of aliphatic hydroxyl groups is 1. The Morgan fingerprint density at radius 2 is 2.04 bits per heavy atom. The van der Waals surface area contributed by atoms with Gasteiger partial charge in [0.2, 0.25) is 0 Å². The van der Waals surface area contributed by atoms with Crippen LogP contribution in [0.4, 0.5) is 0 Å². The summed E-state index contributed by atoms with van der Waals surface area (Å²) in [5.74, 6) is 0.696. The van der Waals surface area contributed by atoms with Crippen LogP contribution in [0.5, 0.6) is 0 Å². The molecule has 0 aliphatic carbocycles. The van der Waals surface area contributed by atoms with Crippen molar-refractivity contribution in [2.75, 3.05) is 0 Å². The van der Waals surface area contributed by atoms with Crippen molar-refractivity contribution in [1.29, 1.82) is 0 Å². The average Bonchev–Trinajstić information content (AvgIpc) is 3.09. The third kappa shape index (κ3) is 2.43. The van der Waals surface area contributed by atoms with Gasteiger partial charge in [0.05, 0.1) is 0 Å². The van der Waals surface area contributed by atoms with Crippen molar-refractivity contribution in [3.63, 3.8) is 0 Å². The minimum absolute atomic E-state index is 0.00638. The standard InChI is InChI=1S/C18H20ClN3O2/c1-21-8-7-20-17(21)18(24)10-14-5-6-15(11-18)22(14)16(23)12-3-2-4-13(19)9-12/h2-4,7-9,14-15,24H,5-6,10-11H2,1H3/t14-,15-/m0/s1. The van der Waals surface area contributed by atoms with Gasteiger partial charge in [0.25, 0.3) is 5.91 Å². The van der Waals surface area contributed by atoms with Gasteiger partial charge in [-0.15, -0.1) is 0 Å². The number of amides is 1. The van der Waals surface area contributed by atoms with E-state index in [0.29, 0.717) is 29.3 Å². The minimum Gasteiger partial charge on any atom is -0.382 e. The van der Waals surface area contributed by atoms with E-state index in [1.54, 1.807) is 30.5 Å². The summed E-state index contributed by atoms with van der Waals surface area (Å²) in [5.41, 5.74) is -0.350. The molecule has 1 aromatic carbocycles. The molecule has 24 heavy (non-hydrogen) atoms. The molecule has 4 rings (SSSR count). The first-order valence-electron chi connectivity index (χ1n) is 8.26. The fraction of sp³-hybridized carbons (Fsp3) is 0.444. The predicted octanol–water partition coefficient (Wildman–Crippen LogP) is 2.73. The predicted molar refractivity (Wildman–Crippen MR) is 90.8 cm³/mol. The van der Waals surface area contributed by atoms with Crippen LogP contribution in [0.25, 0.3) is 0 Å². The van der Waals surface area contributed by atoms with Crippen molar-refractivity contribution in [2.24, 2.45) is 7.05 Å². The number of piperidine rings is 1. The van der Waals surface area contributed by atoms with Gasteiger partial charge in [-0.3, -0.25) is 4.79 Å². The lowest BCUT2D eigenvalue weighted by Crippen LogP contribution is -2.52. The number of benzene rings is 1. The summed E-state index contributed by atoms with van der Waals surface area (Å²) in [4.78, 5) is 19.2. The summed E-state index contributed by atoms with van der Waals surface area (Å²) in [6.45, 7) is 0. The Hall–Kier alpha value is -1.85. The Morgan fingerprint density at radius 1 is 1.33 bits per heavy atom. The summed E-state index contributed by atoms with van der Waals surface area (Å²) in [7, 11) is 1.89. The molecule has 2 fully saturated rings. The number of fused-ring (bicyclic) bond motifs is 2. The number of imidazole rings is 1. The van der Waals surface area contributed by atoms with Gasteiger partial charge in [0.1, 0.15) is 11.4 Å². The second-order valence-electron chi connectivity index (χ2n) is 6.91. The normalized spacial score (nSPS) is 29.0. The molecule has 1 N–H and O–H groups in total. The van der Waals surface area contributed by atoms with Crippen LogP contribution in [0.15, 0.2) is 36.7 Å². The van der Waals surface area contributed by atoms with Gasteiger partial charge in [0, 0.05) is 55.0 Å². The SMILES string of the molecule is Cn1ccnc1C1(O)C[C@@H]2CC[C@@H](C1)N2C(=O)c1cccc(Cl)c1. The van der Waals surface area contributed by atoms with Crippen LogP contribution in [-0.2, 0) is 12.6 Å². The molecule has 2 bridgehead atoms. The third-order valence-corrected chi connectivity index (χ3v) is 5.55. The molecule has 1 aromatic heterocycles. The molecule has 1 amide bonds. The van der Waals surface area contributed by atoms with Gasteiger partial charge in [-0.25, -0.2) is 4.98 Å². The number of aromatic nitrogens is 2. The molecule has 0 spiro atoms. The van der Waals surface area contributed by atoms with Crippen molar-refractivity contribution in [3.05, 3.63) is 53.1 Å². The Kier molecular flexibility index (Phi) is 3.66. The molecule has 5 nitrogen and oxygen atoms in total. The van der Waals surface area contributed by atoms with Crippen LogP contribution in [0, 0.1) is 0 Å². The monoisotopic (exact) mass is 345 g/mol. The number of rotatable bonds is 2. The van der Waals surface area contributed by atoms with Crippen molar-refractivity contribution in [2.45, 2.75) is 43.4 Å². The quantitative estimate of drug-likeness (QED) is 0.910. The summed E-state index contributed by atoms with van der Waals surface area (Å²) in [6.07, 6.45) is 6.45. The van der Waals surface area contributed by atoms with Crippen LogP contribution in [0.2, 0.25) is 5.02 Å². The fourth-order valence-electron chi connectivity index (χ4n) is 4.32. The van der Waals surface area contributed by atoms with Crippen molar-refractivity contribution < 1.29 is 9.90 Å². The van der Waals surface area contributed by atoms with Crippen LogP contribution >= 0.6 is 11.6 Å². The van der Waals surface area contributed by atoms with Crippen molar-refractivity contribution in [3.8, 4) is 0 Å². The smallest absolute Gasteiger partial charge is 0.254 e. The lowest BCUT2D eigenvalue weighted by Gasteiger charge is -2.43. The number of hydrogen-bond acceptors (Lipinski definition) is 3. The van der Waals surface area contributed by atoms with E-state index in [4.69, 9.17) is 11.6 Å². The molecule has 2 aromatic rings. The molecule has 2 aliphatic rings. The van der Waals surface area contributed by atoms with Gasteiger partial charge >= 0.3 is 0 Å². The summed E-state index contributed by atoms with van der Waals surface area (Å²) in [5, 5.41) is 11.7. The maximum Gasteiger partial charge on any atom is 0.254 e. The first-order chi connectivity index (χ1) is 11.5. The lowest BCUT2D eigenvalue weighted by atomic mass is 9.85. The molecule has 6 heteroatoms. The molecule has 0 radical (unpaired) electrons. The second-order valence-corrected chi connectivity index (χ2v) is 7.35. The maximum atomic E-state index is 12.9. The minimum atomic E-state index is -0.963. The molecule has 126 valence electrons. The highest BCUT2D eigenvalue weighted by Gasteiger charge is 2.51. The number of halogens is 1. The fourth-order valence-corrected chi connectivity index (χ4v) is 4.51. The van der Waals surface area contributed by atoms with E-state index in [0.717, 1.165) is 12.8 Å². The van der Waals surface area contributed by atoms with E-state index < -0.39 is 5.60 Å². The van der Waals surface area contributed by atoms with E-state index in [1.165, 1.54) is 0 Å². The molecular weight excluding hydrogens is 326 g/mol. The van der Waals surface area contributed by atoms with Gasteiger partial charge in [-0.2, -0.15) is 0 Å². The molecule has 0 unspecified atom stereocenters. The van der Waals surface area contributed by atoms with Crippen LogP contribution in [0.3, 0.4) is 0 Å². The van der Waals surface area contributed by atoms with Gasteiger partial charge in [-0.05, 0) is 31.0 Å². The maximum absolute atomic E-state index is 12.9. The van der Waals surface area contributed by atoms with Gasteiger partial charge in [-0.1, -0.05) is 17.7 Å². The van der Waals surface area contributed by atoms with Crippen molar-refractivity contribution in [1.82, 2.24) is 14.5 Å². The number of nitrogens with zero attached hydrogens (tertiary/aromatic N) is 3. The Bertz CT molecular complexity index is 774. The Morgan fingerprint density at radius 3 is 2.62 bits per heavy atom. The largest absolute Gasteiger partial charge is 0.382 e. The second kappa shape index (κ2) is 5.60. The van der Waals surface area contributed by atoms with Gasteiger partial charge in [0.15, 0.2) is 0 Å². The van der Waals surface area contributed by atoms with Crippen molar-refractivity contribution >= 4 is 17.5 Å². The Labute approximate surface area is 145 Å². The van der Waals surface area contributed by atoms with Gasteiger partial charge < -0.3 is 14.6 Å². The highest BCUT2D eigenvalue weighted by molar-refractivity contribution is 6.30. The zero-order chi connectivity index (χ0) is 16.9. The van der Waals surface area contributed by atoms with E-state index in [1.807, 2.05) is 22.7 Å². The van der Waals surface area contributed by atoms with Crippen LogP contribution in [0.1, 0.15) is 41.9 Å². The average molecular weight is 346 g/mol. The number of hydrogen-bond donors (Lipinski definition) is 1. The van der Waals surface area contributed by atoms with Crippen LogP contribution < -0.4 is 0 Å². The third-order valence-electron chi connectivity index (χ3n) is 5.31. The molecule has 2 saturated heterocycles. The van der Waals surface area contributed by atoms with E-state index >= 15 is 0 Å². The number of aryl methyl sites for hydroxylation is 1. The van der Waals surface area contributed by atoms with Crippen LogP contribution in [-0.4, -0.2) is 37.5 Å². The summed E-state index contributed by atoms with van der Waals surface area (Å²) in [6, 6.07) is 7.15. The lowest BCUT2D eigenvalue weighted by molar-refractivity contribution is -0.0555. The Balaban J connectivity index is 1.62. The molecular formula is C18H20ClN3O2. The molecule has 2 atom stereocenters. The van der Waals surface area contributed by atoms with E-state index in [-0.39, 0.29) is 18.0 Å². The van der Waals surface area contributed by atoms with E-state index in [9.17, 15) is 9.90 Å². The number of carbonyl (C=O) groups excluding carboxylic acids is 1. The molecule has 3 heterocycles. The molecule has 0 saturated carbocycles. The zero-order valence-corrected chi connectivity index (χ0v) is 14.3. The van der Waals surface area contributed by atoms with E-state index in [2.05, 4.69) is 4.98 Å². The first kappa shape index (κ1) is 15.7.